The molecule has 2 N–H and O–H groups in total. The van der Waals surface area contributed by atoms with Crippen molar-refractivity contribution >= 4 is 11.6 Å². The van der Waals surface area contributed by atoms with Crippen LogP contribution in [0.15, 0.2) is 78.9 Å². The minimum absolute atomic E-state index is 0.371. The number of methoxy groups -OCH3 is 1. The third kappa shape index (κ3) is 4.25. The average molecular weight is 368 g/mol. The molecule has 26 heavy (non-hydrogen) atoms. The van der Waals surface area contributed by atoms with Gasteiger partial charge < -0.3 is 15.2 Å². The topological polar surface area (TPSA) is 41.5 Å². The van der Waals surface area contributed by atoms with Gasteiger partial charge in [-0.2, -0.15) is 0 Å². The van der Waals surface area contributed by atoms with E-state index in [0.717, 1.165) is 22.4 Å². The third-order valence-corrected chi connectivity index (χ3v) is 4.67. The Balaban J connectivity index is 1.81. The minimum atomic E-state index is -1.15. The van der Waals surface area contributed by atoms with Crippen LogP contribution in [-0.4, -0.2) is 18.8 Å². The van der Waals surface area contributed by atoms with Crippen LogP contribution in [0.2, 0.25) is 5.02 Å². The molecule has 4 heteroatoms. The number of ether oxygens (including phenoxy) is 1. The lowest BCUT2D eigenvalue weighted by Gasteiger charge is -2.30. The van der Waals surface area contributed by atoms with E-state index in [2.05, 4.69) is 5.32 Å². The van der Waals surface area contributed by atoms with E-state index >= 15 is 0 Å². The molecule has 0 aliphatic carbocycles. The molecule has 3 aromatic carbocycles. The molecule has 1 unspecified atom stereocenters. The molecule has 1 atom stereocenters. The number of benzene rings is 3. The lowest BCUT2D eigenvalue weighted by molar-refractivity contribution is 0.0796. The van der Waals surface area contributed by atoms with Gasteiger partial charge in [-0.3, -0.25) is 0 Å². The Morgan fingerprint density at radius 3 is 2.31 bits per heavy atom. The summed E-state index contributed by atoms with van der Waals surface area (Å²) >= 11 is 6.01. The number of hydrogen-bond donors (Lipinski definition) is 2. The predicted octanol–water partition coefficient (Wildman–Crippen LogP) is 4.37. The van der Waals surface area contributed by atoms with E-state index in [1.165, 1.54) is 0 Å². The Hall–Kier alpha value is -2.33. The first kappa shape index (κ1) is 18.5. The van der Waals surface area contributed by atoms with Gasteiger partial charge in [0, 0.05) is 18.1 Å². The lowest BCUT2D eigenvalue weighted by Crippen LogP contribution is -2.39. The van der Waals surface area contributed by atoms with Crippen LogP contribution in [0.25, 0.3) is 0 Å². The van der Waals surface area contributed by atoms with Crippen LogP contribution < -0.4 is 10.1 Å². The molecule has 0 aromatic heterocycles. The second kappa shape index (κ2) is 8.37. The smallest absolute Gasteiger partial charge is 0.127 e. The number of aliphatic hydroxyl groups is 1. The number of rotatable bonds is 7. The fraction of sp³-hybridized carbons (Fsp3) is 0.182. The van der Waals surface area contributed by atoms with Crippen molar-refractivity contribution in [3.8, 4) is 5.75 Å². The standard InChI is InChI=1S/C22H22ClNO2/c1-26-21-9-5-6-17(14-21)15-24-16-22(25,18-7-3-2-4-8-18)19-10-12-20(23)13-11-19/h2-14,24-25H,15-16H2,1H3. The van der Waals surface area contributed by atoms with Crippen LogP contribution in [0.1, 0.15) is 16.7 Å². The van der Waals surface area contributed by atoms with Crippen LogP contribution >= 0.6 is 11.6 Å². The molecule has 3 rings (SSSR count). The summed E-state index contributed by atoms with van der Waals surface area (Å²) < 4.78 is 5.26. The third-order valence-electron chi connectivity index (χ3n) is 4.42. The first-order chi connectivity index (χ1) is 12.6. The van der Waals surface area contributed by atoms with Crippen molar-refractivity contribution in [2.75, 3.05) is 13.7 Å². The van der Waals surface area contributed by atoms with Gasteiger partial charge in [0.1, 0.15) is 11.4 Å². The van der Waals surface area contributed by atoms with Gasteiger partial charge >= 0.3 is 0 Å². The highest BCUT2D eigenvalue weighted by atomic mass is 35.5. The predicted molar refractivity (Wildman–Crippen MR) is 106 cm³/mol. The van der Waals surface area contributed by atoms with Crippen LogP contribution in [0.3, 0.4) is 0 Å². The molecular weight excluding hydrogens is 346 g/mol. The second-order valence-electron chi connectivity index (χ2n) is 6.19. The van der Waals surface area contributed by atoms with E-state index in [1.807, 2.05) is 66.7 Å². The molecule has 0 aliphatic heterocycles. The molecule has 3 nitrogen and oxygen atoms in total. The van der Waals surface area contributed by atoms with Crippen molar-refractivity contribution < 1.29 is 9.84 Å². The maximum Gasteiger partial charge on any atom is 0.127 e. The van der Waals surface area contributed by atoms with E-state index in [0.29, 0.717) is 18.1 Å². The summed E-state index contributed by atoms with van der Waals surface area (Å²) in [6.45, 7) is 0.996. The zero-order valence-corrected chi connectivity index (χ0v) is 15.4. The molecule has 0 amide bonds. The summed E-state index contributed by atoms with van der Waals surface area (Å²) in [5, 5.41) is 15.5. The zero-order chi connectivity index (χ0) is 18.4. The highest BCUT2D eigenvalue weighted by Crippen LogP contribution is 2.30. The maximum absolute atomic E-state index is 11.5. The summed E-state index contributed by atoms with van der Waals surface area (Å²) in [6, 6.07) is 24.9. The van der Waals surface area contributed by atoms with E-state index in [1.54, 1.807) is 19.2 Å². The van der Waals surface area contributed by atoms with E-state index in [9.17, 15) is 5.11 Å². The molecular formula is C22H22ClNO2. The highest BCUT2D eigenvalue weighted by molar-refractivity contribution is 6.30. The molecule has 3 aromatic rings. The molecule has 0 heterocycles. The molecule has 0 spiro atoms. The van der Waals surface area contributed by atoms with Crippen LogP contribution in [0, 0.1) is 0 Å². The van der Waals surface area contributed by atoms with Crippen molar-refractivity contribution in [1.82, 2.24) is 5.32 Å². The Kier molecular flexibility index (Phi) is 5.94. The Morgan fingerprint density at radius 2 is 1.62 bits per heavy atom. The van der Waals surface area contributed by atoms with Gasteiger partial charge in [0.15, 0.2) is 0 Å². The normalized spacial score (nSPS) is 13.2. The molecule has 134 valence electrons. The Bertz CT molecular complexity index is 836. The highest BCUT2D eigenvalue weighted by Gasteiger charge is 2.31. The second-order valence-corrected chi connectivity index (χ2v) is 6.62. The average Bonchev–Trinajstić information content (AvgIpc) is 2.69. The molecule has 0 aliphatic rings. The zero-order valence-electron chi connectivity index (χ0n) is 14.7. The van der Waals surface area contributed by atoms with Crippen LogP contribution in [0.4, 0.5) is 0 Å². The summed E-state index contributed by atoms with van der Waals surface area (Å²) in [7, 11) is 1.65. The van der Waals surface area contributed by atoms with Gasteiger partial charge in [0.25, 0.3) is 0 Å². The van der Waals surface area contributed by atoms with Crippen LogP contribution in [-0.2, 0) is 12.1 Å². The van der Waals surface area contributed by atoms with Gasteiger partial charge in [-0.25, -0.2) is 0 Å². The monoisotopic (exact) mass is 367 g/mol. The maximum atomic E-state index is 11.5. The fourth-order valence-electron chi connectivity index (χ4n) is 2.98. The van der Waals surface area contributed by atoms with Crippen LogP contribution in [0.5, 0.6) is 5.75 Å². The van der Waals surface area contributed by atoms with E-state index in [-0.39, 0.29) is 0 Å². The number of hydrogen-bond acceptors (Lipinski definition) is 3. The van der Waals surface area contributed by atoms with Gasteiger partial charge in [-0.15, -0.1) is 0 Å². The molecule has 0 bridgehead atoms. The van der Waals surface area contributed by atoms with Crippen molar-refractivity contribution in [2.24, 2.45) is 0 Å². The minimum Gasteiger partial charge on any atom is -0.497 e. The first-order valence-electron chi connectivity index (χ1n) is 8.49. The van der Waals surface area contributed by atoms with Gasteiger partial charge in [-0.1, -0.05) is 66.2 Å². The Morgan fingerprint density at radius 1 is 0.923 bits per heavy atom. The number of halogens is 1. The van der Waals surface area contributed by atoms with Crippen molar-refractivity contribution in [3.63, 3.8) is 0 Å². The lowest BCUT2D eigenvalue weighted by atomic mass is 9.86. The van der Waals surface area contributed by atoms with Gasteiger partial charge in [0.05, 0.1) is 7.11 Å². The number of nitrogens with one attached hydrogen (secondary N) is 1. The summed E-state index contributed by atoms with van der Waals surface area (Å²) in [5.74, 6) is 0.820. The SMILES string of the molecule is COc1cccc(CNCC(O)(c2ccccc2)c2ccc(Cl)cc2)c1. The van der Waals surface area contributed by atoms with E-state index in [4.69, 9.17) is 16.3 Å². The molecule has 0 saturated heterocycles. The van der Waals surface area contributed by atoms with Crippen molar-refractivity contribution in [2.45, 2.75) is 12.1 Å². The van der Waals surface area contributed by atoms with Gasteiger partial charge in [-0.05, 0) is 41.0 Å². The molecule has 0 saturated carbocycles. The molecule has 0 radical (unpaired) electrons. The van der Waals surface area contributed by atoms with E-state index < -0.39 is 5.60 Å². The summed E-state index contributed by atoms with van der Waals surface area (Å²) in [5.41, 5.74) is 1.58. The van der Waals surface area contributed by atoms with Crippen molar-refractivity contribution in [3.05, 3.63) is 101 Å². The van der Waals surface area contributed by atoms with Gasteiger partial charge in [0.2, 0.25) is 0 Å². The summed E-state index contributed by atoms with van der Waals surface area (Å²) in [6.07, 6.45) is 0. The van der Waals surface area contributed by atoms with Crippen molar-refractivity contribution in [1.29, 1.82) is 0 Å². The molecule has 0 fully saturated rings. The quantitative estimate of drug-likeness (QED) is 0.651. The first-order valence-corrected chi connectivity index (χ1v) is 8.87. The fourth-order valence-corrected chi connectivity index (χ4v) is 3.11. The Labute approximate surface area is 159 Å². The largest absolute Gasteiger partial charge is 0.497 e. The summed E-state index contributed by atoms with van der Waals surface area (Å²) in [4.78, 5) is 0.